The molecule has 0 bridgehead atoms. The number of nitrogens with zero attached hydrogens (tertiary/aromatic N) is 1. The molecule has 0 radical (unpaired) electrons. The van der Waals surface area contributed by atoms with Gasteiger partial charge in [0.1, 0.15) is 5.69 Å². The Hall–Kier alpha value is -1.79. The minimum atomic E-state index is -0.449. The lowest BCUT2D eigenvalue weighted by atomic mass is 10.2. The smallest absolute Gasteiger partial charge is 0.333 e. The molecule has 20 heavy (non-hydrogen) atoms. The van der Waals surface area contributed by atoms with Crippen molar-refractivity contribution in [3.8, 4) is 5.75 Å². The van der Waals surface area contributed by atoms with Crippen molar-refractivity contribution < 1.29 is 9.66 Å². The van der Waals surface area contributed by atoms with Gasteiger partial charge in [-0.3, -0.25) is 10.1 Å². The van der Waals surface area contributed by atoms with Crippen LogP contribution in [0.3, 0.4) is 0 Å². The molecule has 0 saturated carbocycles. The lowest BCUT2D eigenvalue weighted by Gasteiger charge is -2.14. The summed E-state index contributed by atoms with van der Waals surface area (Å²) in [7, 11) is 1.41. The van der Waals surface area contributed by atoms with Crippen molar-refractivity contribution in [3.63, 3.8) is 0 Å². The van der Waals surface area contributed by atoms with Gasteiger partial charge >= 0.3 is 5.69 Å². The van der Waals surface area contributed by atoms with Crippen LogP contribution in [0.5, 0.6) is 5.75 Å². The number of para-hydroxylation sites is 1. The van der Waals surface area contributed by atoms with Gasteiger partial charge in [0.05, 0.1) is 22.4 Å². The monoisotopic (exact) mass is 312 g/mol. The number of benzene rings is 1. The summed E-state index contributed by atoms with van der Waals surface area (Å²) < 4.78 is 5.73. The van der Waals surface area contributed by atoms with E-state index in [0.29, 0.717) is 10.0 Å². The van der Waals surface area contributed by atoms with Gasteiger partial charge in [0.15, 0.2) is 5.75 Å². The van der Waals surface area contributed by atoms with Crippen LogP contribution in [0.2, 0.25) is 4.34 Å². The van der Waals surface area contributed by atoms with E-state index in [2.05, 4.69) is 5.32 Å². The fourth-order valence-electron chi connectivity index (χ4n) is 1.86. The Morgan fingerprint density at radius 1 is 1.40 bits per heavy atom. The van der Waals surface area contributed by atoms with E-state index in [1.165, 1.54) is 18.4 Å². The second-order valence-corrected chi connectivity index (χ2v) is 5.87. The Morgan fingerprint density at radius 2 is 2.15 bits per heavy atom. The van der Waals surface area contributed by atoms with Crippen LogP contribution in [-0.2, 0) is 0 Å². The van der Waals surface area contributed by atoms with Crippen molar-refractivity contribution >= 4 is 34.3 Å². The van der Waals surface area contributed by atoms with Crippen molar-refractivity contribution in [1.29, 1.82) is 0 Å². The molecule has 0 aliphatic rings. The van der Waals surface area contributed by atoms with Gasteiger partial charge in [-0.2, -0.15) is 0 Å². The number of anilines is 1. The SMILES string of the molecule is COc1cccc(NC(C)c2ccc(Cl)s2)c1[N+](=O)[O-]. The number of nitro groups is 1. The van der Waals surface area contributed by atoms with Crippen molar-refractivity contribution in [2.45, 2.75) is 13.0 Å². The minimum Gasteiger partial charge on any atom is -0.490 e. The quantitative estimate of drug-likeness (QED) is 0.652. The van der Waals surface area contributed by atoms with Crippen LogP contribution >= 0.6 is 22.9 Å². The molecule has 0 fully saturated rings. The molecule has 0 aliphatic carbocycles. The summed E-state index contributed by atoms with van der Waals surface area (Å²) in [4.78, 5) is 11.7. The lowest BCUT2D eigenvalue weighted by molar-refractivity contribution is -0.384. The molecule has 1 N–H and O–H groups in total. The number of hydrogen-bond acceptors (Lipinski definition) is 5. The van der Waals surface area contributed by atoms with Gasteiger partial charge in [0.25, 0.3) is 0 Å². The zero-order valence-corrected chi connectivity index (χ0v) is 12.5. The molecule has 0 aliphatic heterocycles. The summed E-state index contributed by atoms with van der Waals surface area (Å²) in [5.74, 6) is 0.233. The normalized spacial score (nSPS) is 11.9. The van der Waals surface area contributed by atoms with Gasteiger partial charge in [-0.1, -0.05) is 17.7 Å². The Balaban J connectivity index is 2.31. The fourth-order valence-corrected chi connectivity index (χ4v) is 2.92. The van der Waals surface area contributed by atoms with Crippen LogP contribution in [0.1, 0.15) is 17.8 Å². The molecule has 0 amide bonds. The van der Waals surface area contributed by atoms with Crippen LogP contribution in [0.4, 0.5) is 11.4 Å². The van der Waals surface area contributed by atoms with Gasteiger partial charge in [-0.05, 0) is 31.2 Å². The molecule has 1 unspecified atom stereocenters. The highest BCUT2D eigenvalue weighted by Crippen LogP contribution is 2.37. The summed E-state index contributed by atoms with van der Waals surface area (Å²) in [6, 6.07) is 8.56. The maximum Gasteiger partial charge on any atom is 0.333 e. The first-order chi connectivity index (χ1) is 9.52. The average Bonchev–Trinajstić information content (AvgIpc) is 2.84. The van der Waals surface area contributed by atoms with Crippen LogP contribution in [-0.4, -0.2) is 12.0 Å². The number of nitrogens with one attached hydrogen (secondary N) is 1. The first kappa shape index (κ1) is 14.6. The van der Waals surface area contributed by atoms with E-state index >= 15 is 0 Å². The van der Waals surface area contributed by atoms with E-state index < -0.39 is 4.92 Å². The first-order valence-corrected chi connectivity index (χ1v) is 7.05. The summed E-state index contributed by atoms with van der Waals surface area (Å²) in [6.07, 6.45) is 0. The first-order valence-electron chi connectivity index (χ1n) is 5.86. The van der Waals surface area contributed by atoms with E-state index in [-0.39, 0.29) is 17.5 Å². The third-order valence-electron chi connectivity index (χ3n) is 2.79. The molecule has 1 aromatic carbocycles. The Bertz CT molecular complexity index is 630. The molecule has 106 valence electrons. The second-order valence-electron chi connectivity index (χ2n) is 4.12. The molecule has 1 aromatic heterocycles. The van der Waals surface area contributed by atoms with Gasteiger partial charge in [-0.25, -0.2) is 0 Å². The van der Waals surface area contributed by atoms with Gasteiger partial charge in [-0.15, -0.1) is 11.3 Å². The number of hydrogen-bond donors (Lipinski definition) is 1. The Morgan fingerprint density at radius 3 is 2.70 bits per heavy atom. The lowest BCUT2D eigenvalue weighted by Crippen LogP contribution is -2.07. The summed E-state index contributed by atoms with van der Waals surface area (Å²) >= 11 is 7.34. The zero-order chi connectivity index (χ0) is 14.7. The number of halogens is 1. The standard InChI is InChI=1S/C13H13ClN2O3S/c1-8(11-6-7-12(14)20-11)15-9-4-3-5-10(19-2)13(9)16(17)18/h3-8,15H,1-2H3. The highest BCUT2D eigenvalue weighted by molar-refractivity contribution is 7.16. The Labute approximate surface area is 125 Å². The predicted molar refractivity (Wildman–Crippen MR) is 81.0 cm³/mol. The maximum absolute atomic E-state index is 11.2. The Kier molecular flexibility index (Phi) is 4.46. The molecule has 7 heteroatoms. The molecule has 1 heterocycles. The number of methoxy groups -OCH3 is 1. The maximum atomic E-state index is 11.2. The number of thiophene rings is 1. The summed E-state index contributed by atoms with van der Waals surface area (Å²) in [6.45, 7) is 1.92. The number of rotatable bonds is 5. The van der Waals surface area contributed by atoms with Gasteiger partial charge < -0.3 is 10.1 Å². The van der Waals surface area contributed by atoms with Crippen LogP contribution in [0, 0.1) is 10.1 Å². The van der Waals surface area contributed by atoms with E-state index in [1.807, 2.05) is 13.0 Å². The summed E-state index contributed by atoms with van der Waals surface area (Å²) in [5, 5.41) is 14.3. The third kappa shape index (κ3) is 3.02. The highest BCUT2D eigenvalue weighted by Gasteiger charge is 2.22. The van der Waals surface area contributed by atoms with Crippen molar-refractivity contribution in [2.24, 2.45) is 0 Å². The molecule has 2 aromatic rings. The van der Waals surface area contributed by atoms with E-state index in [4.69, 9.17) is 16.3 Å². The molecule has 0 spiro atoms. The van der Waals surface area contributed by atoms with Crippen molar-refractivity contribution in [1.82, 2.24) is 0 Å². The largest absolute Gasteiger partial charge is 0.490 e. The van der Waals surface area contributed by atoms with Crippen molar-refractivity contribution in [3.05, 3.63) is 49.7 Å². The van der Waals surface area contributed by atoms with Crippen LogP contribution in [0.15, 0.2) is 30.3 Å². The fraction of sp³-hybridized carbons (Fsp3) is 0.231. The van der Waals surface area contributed by atoms with E-state index in [1.54, 1.807) is 24.3 Å². The van der Waals surface area contributed by atoms with Crippen molar-refractivity contribution in [2.75, 3.05) is 12.4 Å². The van der Waals surface area contributed by atoms with Gasteiger partial charge in [0.2, 0.25) is 0 Å². The number of ether oxygens (including phenoxy) is 1. The predicted octanol–water partition coefficient (Wildman–Crippen LogP) is 4.49. The molecule has 2 rings (SSSR count). The average molecular weight is 313 g/mol. The van der Waals surface area contributed by atoms with Crippen LogP contribution < -0.4 is 10.1 Å². The zero-order valence-electron chi connectivity index (χ0n) is 10.9. The van der Waals surface area contributed by atoms with E-state index in [0.717, 1.165) is 4.88 Å². The molecular weight excluding hydrogens is 300 g/mol. The molecule has 1 atom stereocenters. The highest BCUT2D eigenvalue weighted by atomic mass is 35.5. The number of nitro benzene ring substituents is 1. The molecular formula is C13H13ClN2O3S. The minimum absolute atomic E-state index is 0.0653. The topological polar surface area (TPSA) is 64.4 Å². The van der Waals surface area contributed by atoms with Crippen LogP contribution in [0.25, 0.3) is 0 Å². The molecule has 5 nitrogen and oxygen atoms in total. The van der Waals surface area contributed by atoms with E-state index in [9.17, 15) is 10.1 Å². The summed E-state index contributed by atoms with van der Waals surface area (Å²) in [5.41, 5.74) is 0.357. The second kappa shape index (κ2) is 6.11. The molecule has 0 saturated heterocycles. The van der Waals surface area contributed by atoms with Gasteiger partial charge in [0, 0.05) is 4.88 Å². The third-order valence-corrected chi connectivity index (χ3v) is 4.21.